The number of esters is 1. The highest BCUT2D eigenvalue weighted by molar-refractivity contribution is 5.89. The molecule has 5 nitrogen and oxygen atoms in total. The van der Waals surface area contributed by atoms with E-state index in [1.54, 1.807) is 13.2 Å². The molecular weight excluding hydrogens is 330 g/mol. The van der Waals surface area contributed by atoms with Crippen LogP contribution in [0.15, 0.2) is 30.3 Å². The van der Waals surface area contributed by atoms with Gasteiger partial charge in [-0.2, -0.15) is 0 Å². The Bertz CT molecular complexity index is 668. The zero-order valence-corrected chi connectivity index (χ0v) is 15.4. The number of piperidine rings is 1. The largest absolute Gasteiger partial charge is 0.497 e. The number of likely N-dealkylation sites (tertiary alicyclic amines) is 1. The number of nitrogens with zero attached hydrogens (tertiary/aromatic N) is 1. The van der Waals surface area contributed by atoms with E-state index in [1.165, 1.54) is 31.8 Å². The lowest BCUT2D eigenvalue weighted by atomic mass is 9.78. The van der Waals surface area contributed by atoms with Gasteiger partial charge in [0.1, 0.15) is 5.75 Å². The maximum Gasteiger partial charge on any atom is 0.331 e. The van der Waals surface area contributed by atoms with Crippen LogP contribution in [-0.4, -0.2) is 43.1 Å². The van der Waals surface area contributed by atoms with Gasteiger partial charge in [0.15, 0.2) is 6.61 Å². The molecule has 2 fully saturated rings. The fourth-order valence-electron chi connectivity index (χ4n) is 4.11. The zero-order valence-electron chi connectivity index (χ0n) is 15.4. The molecule has 1 aromatic carbocycles. The van der Waals surface area contributed by atoms with Gasteiger partial charge >= 0.3 is 5.97 Å². The molecule has 1 aliphatic carbocycles. The van der Waals surface area contributed by atoms with Crippen LogP contribution in [0.5, 0.6) is 5.75 Å². The van der Waals surface area contributed by atoms with Gasteiger partial charge < -0.3 is 14.4 Å². The van der Waals surface area contributed by atoms with Crippen molar-refractivity contribution in [3.05, 3.63) is 35.9 Å². The van der Waals surface area contributed by atoms with Crippen molar-refractivity contribution >= 4 is 18.0 Å². The van der Waals surface area contributed by atoms with Gasteiger partial charge in [-0.3, -0.25) is 4.79 Å². The summed E-state index contributed by atoms with van der Waals surface area (Å²) in [5.41, 5.74) is 0.841. The molecule has 0 aromatic heterocycles. The molecule has 0 N–H and O–H groups in total. The minimum Gasteiger partial charge on any atom is -0.497 e. The molecule has 2 atom stereocenters. The molecule has 140 valence electrons. The summed E-state index contributed by atoms with van der Waals surface area (Å²) in [6.45, 7) is 0.613. The van der Waals surface area contributed by atoms with Gasteiger partial charge in [-0.15, -0.1) is 0 Å². The number of fused-ring (bicyclic) bond motifs is 1. The molecule has 26 heavy (non-hydrogen) atoms. The van der Waals surface area contributed by atoms with Crippen molar-refractivity contribution in [2.75, 3.05) is 20.3 Å². The van der Waals surface area contributed by atoms with E-state index in [-0.39, 0.29) is 12.5 Å². The lowest BCUT2D eigenvalue weighted by Gasteiger charge is -2.44. The quantitative estimate of drug-likeness (QED) is 0.598. The summed E-state index contributed by atoms with van der Waals surface area (Å²) < 4.78 is 10.3. The fraction of sp³-hybridized carbons (Fsp3) is 0.524. The van der Waals surface area contributed by atoms with E-state index < -0.39 is 5.97 Å². The highest BCUT2D eigenvalue weighted by atomic mass is 16.5. The number of hydrogen-bond acceptors (Lipinski definition) is 4. The summed E-state index contributed by atoms with van der Waals surface area (Å²) in [7, 11) is 1.60. The second kappa shape index (κ2) is 8.88. The molecule has 1 amide bonds. The summed E-state index contributed by atoms with van der Waals surface area (Å²) in [4.78, 5) is 26.4. The summed E-state index contributed by atoms with van der Waals surface area (Å²) in [6, 6.07) is 7.73. The number of rotatable bonds is 5. The molecule has 0 spiro atoms. The van der Waals surface area contributed by atoms with Crippen LogP contribution in [-0.2, 0) is 14.3 Å². The van der Waals surface area contributed by atoms with E-state index in [1.807, 2.05) is 29.2 Å². The van der Waals surface area contributed by atoms with Crippen LogP contribution in [0.4, 0.5) is 0 Å². The highest BCUT2D eigenvalue weighted by Crippen LogP contribution is 2.35. The van der Waals surface area contributed by atoms with Crippen LogP contribution in [0.1, 0.15) is 44.1 Å². The average Bonchev–Trinajstić information content (AvgIpc) is 2.70. The van der Waals surface area contributed by atoms with Crippen molar-refractivity contribution in [1.82, 2.24) is 4.90 Å². The number of methoxy groups -OCH3 is 1. The lowest BCUT2D eigenvalue weighted by Crippen LogP contribution is -2.50. The molecule has 1 aliphatic heterocycles. The van der Waals surface area contributed by atoms with Crippen molar-refractivity contribution in [2.24, 2.45) is 5.92 Å². The summed E-state index contributed by atoms with van der Waals surface area (Å²) in [5.74, 6) is 0.788. The predicted molar refractivity (Wildman–Crippen MR) is 99.7 cm³/mol. The van der Waals surface area contributed by atoms with Crippen LogP contribution in [0.2, 0.25) is 0 Å². The number of carbonyl (C=O) groups is 2. The standard InChI is InChI=1S/C21H27NO4/c1-25-18-9-4-6-16(14-18)11-12-21(24)26-15-20(23)22-13-5-8-17-7-2-3-10-19(17)22/h4,6,9,11-12,14,17,19H,2-3,5,7-8,10,13,15H2,1H3/b12-11+/t17-,19+/m1/s1. The average molecular weight is 357 g/mol. The maximum absolute atomic E-state index is 12.5. The van der Waals surface area contributed by atoms with E-state index in [0.29, 0.717) is 12.0 Å². The van der Waals surface area contributed by atoms with Gasteiger partial charge in [0, 0.05) is 18.7 Å². The van der Waals surface area contributed by atoms with Gasteiger partial charge in [0.05, 0.1) is 7.11 Å². The van der Waals surface area contributed by atoms with Crippen LogP contribution in [0.3, 0.4) is 0 Å². The van der Waals surface area contributed by atoms with Gasteiger partial charge in [-0.05, 0) is 55.4 Å². The third-order valence-electron chi connectivity index (χ3n) is 5.41. The first-order valence-corrected chi connectivity index (χ1v) is 9.46. The Hall–Kier alpha value is -2.30. The Morgan fingerprint density at radius 3 is 2.85 bits per heavy atom. The molecular formula is C21H27NO4. The predicted octanol–water partition coefficient (Wildman–Crippen LogP) is 3.43. The Labute approximate surface area is 155 Å². The minimum absolute atomic E-state index is 0.0651. The van der Waals surface area contributed by atoms with Crippen molar-refractivity contribution in [2.45, 2.75) is 44.6 Å². The van der Waals surface area contributed by atoms with Gasteiger partial charge in [-0.25, -0.2) is 4.79 Å². The van der Waals surface area contributed by atoms with Gasteiger partial charge in [-0.1, -0.05) is 25.0 Å². The fourth-order valence-corrected chi connectivity index (χ4v) is 4.11. The van der Waals surface area contributed by atoms with E-state index in [4.69, 9.17) is 9.47 Å². The Kier molecular flexibility index (Phi) is 6.31. The Morgan fingerprint density at radius 2 is 2.00 bits per heavy atom. The first-order valence-electron chi connectivity index (χ1n) is 9.46. The summed E-state index contributed by atoms with van der Waals surface area (Å²) >= 11 is 0. The molecule has 0 radical (unpaired) electrons. The van der Waals surface area contributed by atoms with Gasteiger partial charge in [0.25, 0.3) is 5.91 Å². The van der Waals surface area contributed by atoms with Crippen molar-refractivity contribution < 1.29 is 19.1 Å². The van der Waals surface area contributed by atoms with Crippen molar-refractivity contribution in [1.29, 1.82) is 0 Å². The molecule has 1 heterocycles. The molecule has 3 rings (SSSR count). The first kappa shape index (κ1) is 18.5. The molecule has 1 aromatic rings. The molecule has 1 saturated heterocycles. The molecule has 0 bridgehead atoms. The Morgan fingerprint density at radius 1 is 1.19 bits per heavy atom. The number of carbonyl (C=O) groups excluding carboxylic acids is 2. The number of amides is 1. The zero-order chi connectivity index (χ0) is 18.4. The summed E-state index contributed by atoms with van der Waals surface area (Å²) in [5, 5.41) is 0. The number of benzene rings is 1. The van der Waals surface area contributed by atoms with E-state index in [2.05, 4.69) is 0 Å². The maximum atomic E-state index is 12.5. The molecule has 5 heteroatoms. The van der Waals surface area contributed by atoms with Gasteiger partial charge in [0.2, 0.25) is 0 Å². The lowest BCUT2D eigenvalue weighted by molar-refractivity contribution is -0.151. The molecule has 0 unspecified atom stereocenters. The van der Waals surface area contributed by atoms with Crippen LogP contribution in [0.25, 0.3) is 6.08 Å². The van der Waals surface area contributed by atoms with E-state index in [9.17, 15) is 9.59 Å². The monoisotopic (exact) mass is 357 g/mol. The number of hydrogen-bond donors (Lipinski definition) is 0. The van der Waals surface area contributed by atoms with E-state index in [0.717, 1.165) is 30.7 Å². The highest BCUT2D eigenvalue weighted by Gasteiger charge is 2.35. The minimum atomic E-state index is -0.502. The second-order valence-corrected chi connectivity index (χ2v) is 7.06. The number of ether oxygens (including phenoxy) is 2. The van der Waals surface area contributed by atoms with Crippen LogP contribution < -0.4 is 4.74 Å². The first-order chi connectivity index (χ1) is 12.7. The molecule has 1 saturated carbocycles. The van der Waals surface area contributed by atoms with Crippen LogP contribution >= 0.6 is 0 Å². The van der Waals surface area contributed by atoms with Crippen molar-refractivity contribution in [3.63, 3.8) is 0 Å². The van der Waals surface area contributed by atoms with E-state index >= 15 is 0 Å². The third kappa shape index (κ3) is 4.65. The Balaban J connectivity index is 1.50. The topological polar surface area (TPSA) is 55.8 Å². The van der Waals surface area contributed by atoms with Crippen LogP contribution in [0, 0.1) is 5.92 Å². The third-order valence-corrected chi connectivity index (χ3v) is 5.41. The van der Waals surface area contributed by atoms with Crippen molar-refractivity contribution in [3.8, 4) is 5.75 Å². The second-order valence-electron chi connectivity index (χ2n) is 7.06. The SMILES string of the molecule is COc1cccc(/C=C/C(=O)OCC(=O)N2CCC[C@H]3CCCC[C@@H]32)c1. The molecule has 2 aliphatic rings. The smallest absolute Gasteiger partial charge is 0.331 e. The normalized spacial score (nSPS) is 22.7. The summed E-state index contributed by atoms with van der Waals surface area (Å²) in [6.07, 6.45) is 10.0.